The van der Waals surface area contributed by atoms with Crippen molar-refractivity contribution in [2.24, 2.45) is 5.73 Å². The number of hydrogen-bond donors (Lipinski definition) is 3. The summed E-state index contributed by atoms with van der Waals surface area (Å²) in [5.41, 5.74) is 5.53. The number of carbonyl (C=O) groups is 1. The lowest BCUT2D eigenvalue weighted by Gasteiger charge is -2.15. The third-order valence-electron chi connectivity index (χ3n) is 3.07. The minimum atomic E-state index is -0.315. The normalized spacial score (nSPS) is 16.4. The highest BCUT2D eigenvalue weighted by atomic mass is 16.5. The summed E-state index contributed by atoms with van der Waals surface area (Å²) in [6, 6.07) is 4.55. The van der Waals surface area contributed by atoms with E-state index in [4.69, 9.17) is 10.5 Å². The first-order valence-electron chi connectivity index (χ1n) is 5.50. The van der Waals surface area contributed by atoms with Crippen molar-refractivity contribution in [1.82, 2.24) is 5.32 Å². The van der Waals surface area contributed by atoms with Crippen LogP contribution in [0.15, 0.2) is 18.2 Å². The third-order valence-corrected chi connectivity index (χ3v) is 3.07. The molecule has 1 amide bonds. The Bertz CT molecular complexity index is 441. The molecule has 2 rings (SSSR count). The molecule has 1 fully saturated rings. The van der Waals surface area contributed by atoms with Gasteiger partial charge in [0.1, 0.15) is 11.5 Å². The second-order valence-corrected chi connectivity index (χ2v) is 4.32. The number of amides is 1. The van der Waals surface area contributed by atoms with Crippen LogP contribution in [0, 0.1) is 0 Å². The van der Waals surface area contributed by atoms with Gasteiger partial charge >= 0.3 is 0 Å². The van der Waals surface area contributed by atoms with E-state index in [2.05, 4.69) is 5.32 Å². The number of phenols is 1. The van der Waals surface area contributed by atoms with Gasteiger partial charge in [-0.25, -0.2) is 0 Å². The molecular weight excluding hydrogens is 220 g/mol. The third kappa shape index (κ3) is 2.34. The lowest BCUT2D eigenvalue weighted by molar-refractivity contribution is 0.0930. The molecule has 5 nitrogen and oxygen atoms in total. The summed E-state index contributed by atoms with van der Waals surface area (Å²) in [6.07, 6.45) is 1.78. The quantitative estimate of drug-likeness (QED) is 0.715. The van der Waals surface area contributed by atoms with Gasteiger partial charge in [-0.1, -0.05) is 0 Å². The summed E-state index contributed by atoms with van der Waals surface area (Å²) >= 11 is 0. The summed E-state index contributed by atoms with van der Waals surface area (Å²) in [5.74, 6) is 0.158. The molecule has 0 unspecified atom stereocenters. The standard InChI is InChI=1S/C12H16N2O3/c1-17-8-2-3-10(15)9(6-8)11(16)14-12(7-13)4-5-12/h2-3,6,15H,4-5,7,13H2,1H3,(H,14,16). The van der Waals surface area contributed by atoms with Gasteiger partial charge in [-0.3, -0.25) is 4.79 Å². The average Bonchev–Trinajstić information content (AvgIpc) is 3.10. The number of methoxy groups -OCH3 is 1. The van der Waals surface area contributed by atoms with E-state index in [9.17, 15) is 9.90 Å². The Morgan fingerprint density at radius 2 is 2.29 bits per heavy atom. The SMILES string of the molecule is COc1ccc(O)c(C(=O)NC2(CN)CC2)c1. The topological polar surface area (TPSA) is 84.6 Å². The Kier molecular flexibility index (Phi) is 2.93. The molecule has 1 saturated carbocycles. The number of carbonyl (C=O) groups excluding carboxylic acids is 1. The van der Waals surface area contributed by atoms with Crippen molar-refractivity contribution in [3.8, 4) is 11.5 Å². The second kappa shape index (κ2) is 4.25. The summed E-state index contributed by atoms with van der Waals surface area (Å²) in [4.78, 5) is 12.0. The molecule has 1 aromatic rings. The average molecular weight is 236 g/mol. The molecule has 0 heterocycles. The van der Waals surface area contributed by atoms with E-state index in [1.165, 1.54) is 19.2 Å². The number of ether oxygens (including phenoxy) is 1. The van der Waals surface area contributed by atoms with Gasteiger partial charge in [0, 0.05) is 6.54 Å². The Labute approximate surface area is 99.6 Å². The minimum absolute atomic E-state index is 0.0591. The number of hydrogen-bond acceptors (Lipinski definition) is 4. The fourth-order valence-electron chi connectivity index (χ4n) is 1.66. The molecule has 0 bridgehead atoms. The molecule has 0 spiro atoms. The van der Waals surface area contributed by atoms with Crippen LogP contribution in [0.3, 0.4) is 0 Å². The molecule has 0 radical (unpaired) electrons. The minimum Gasteiger partial charge on any atom is -0.507 e. The van der Waals surface area contributed by atoms with Gasteiger partial charge in [-0.2, -0.15) is 0 Å². The highest BCUT2D eigenvalue weighted by Gasteiger charge is 2.42. The highest BCUT2D eigenvalue weighted by Crippen LogP contribution is 2.35. The van der Waals surface area contributed by atoms with E-state index in [1.807, 2.05) is 0 Å². The zero-order chi connectivity index (χ0) is 12.5. The number of aromatic hydroxyl groups is 1. The molecule has 0 saturated heterocycles. The van der Waals surface area contributed by atoms with Crippen LogP contribution in [0.2, 0.25) is 0 Å². The molecule has 0 atom stereocenters. The van der Waals surface area contributed by atoms with E-state index in [1.54, 1.807) is 6.07 Å². The molecule has 1 aliphatic carbocycles. The number of phenolic OH excluding ortho intramolecular Hbond substituents is 1. The lowest BCUT2D eigenvalue weighted by atomic mass is 10.1. The van der Waals surface area contributed by atoms with Crippen LogP contribution in [0.4, 0.5) is 0 Å². The lowest BCUT2D eigenvalue weighted by Crippen LogP contribution is -2.42. The van der Waals surface area contributed by atoms with E-state index < -0.39 is 0 Å². The van der Waals surface area contributed by atoms with E-state index in [-0.39, 0.29) is 22.8 Å². The van der Waals surface area contributed by atoms with Gasteiger partial charge in [0.15, 0.2) is 0 Å². The number of nitrogens with two attached hydrogens (primary N) is 1. The zero-order valence-electron chi connectivity index (χ0n) is 9.69. The van der Waals surface area contributed by atoms with E-state index >= 15 is 0 Å². The van der Waals surface area contributed by atoms with Gasteiger partial charge in [0.25, 0.3) is 5.91 Å². The van der Waals surface area contributed by atoms with Crippen molar-refractivity contribution in [3.63, 3.8) is 0 Å². The first-order valence-corrected chi connectivity index (χ1v) is 5.50. The maximum absolute atomic E-state index is 12.0. The molecule has 0 aromatic heterocycles. The van der Waals surface area contributed by atoms with Crippen LogP contribution in [0.5, 0.6) is 11.5 Å². The van der Waals surface area contributed by atoms with E-state index in [0.29, 0.717) is 12.3 Å². The van der Waals surface area contributed by atoms with Crippen molar-refractivity contribution in [2.75, 3.05) is 13.7 Å². The monoisotopic (exact) mass is 236 g/mol. The fourth-order valence-corrected chi connectivity index (χ4v) is 1.66. The van der Waals surface area contributed by atoms with Crippen LogP contribution in [-0.4, -0.2) is 30.2 Å². The summed E-state index contributed by atoms with van der Waals surface area (Å²) in [5, 5.41) is 12.5. The van der Waals surface area contributed by atoms with Crippen LogP contribution in [0.1, 0.15) is 23.2 Å². The van der Waals surface area contributed by atoms with Crippen molar-refractivity contribution in [1.29, 1.82) is 0 Å². The first kappa shape index (κ1) is 11.7. The number of benzene rings is 1. The van der Waals surface area contributed by atoms with Crippen LogP contribution < -0.4 is 15.8 Å². The maximum Gasteiger partial charge on any atom is 0.255 e. The van der Waals surface area contributed by atoms with E-state index in [0.717, 1.165) is 12.8 Å². The Hall–Kier alpha value is -1.75. The molecule has 5 heteroatoms. The number of rotatable bonds is 4. The predicted octanol–water partition coefficient (Wildman–Crippen LogP) is 0.622. The van der Waals surface area contributed by atoms with Gasteiger partial charge < -0.3 is 20.9 Å². The summed E-state index contributed by atoms with van der Waals surface area (Å²) in [6.45, 7) is 0.420. The zero-order valence-corrected chi connectivity index (χ0v) is 9.69. The van der Waals surface area contributed by atoms with Gasteiger partial charge in [-0.05, 0) is 31.0 Å². The first-order chi connectivity index (χ1) is 8.10. The Balaban J connectivity index is 2.18. The molecule has 0 aliphatic heterocycles. The number of nitrogens with one attached hydrogen (secondary N) is 1. The fraction of sp³-hybridized carbons (Fsp3) is 0.417. The van der Waals surface area contributed by atoms with Crippen molar-refractivity contribution < 1.29 is 14.6 Å². The van der Waals surface area contributed by atoms with Gasteiger partial charge in [0.05, 0.1) is 18.2 Å². The van der Waals surface area contributed by atoms with Crippen molar-refractivity contribution >= 4 is 5.91 Å². The van der Waals surface area contributed by atoms with Crippen molar-refractivity contribution in [2.45, 2.75) is 18.4 Å². The van der Waals surface area contributed by atoms with Crippen molar-refractivity contribution in [3.05, 3.63) is 23.8 Å². The van der Waals surface area contributed by atoms with Gasteiger partial charge in [-0.15, -0.1) is 0 Å². The molecule has 17 heavy (non-hydrogen) atoms. The molecule has 92 valence electrons. The molecule has 4 N–H and O–H groups in total. The molecule has 1 aromatic carbocycles. The van der Waals surface area contributed by atoms with Crippen LogP contribution in [-0.2, 0) is 0 Å². The smallest absolute Gasteiger partial charge is 0.255 e. The van der Waals surface area contributed by atoms with Crippen LogP contribution >= 0.6 is 0 Å². The summed E-state index contributed by atoms with van der Waals surface area (Å²) < 4.78 is 5.02. The second-order valence-electron chi connectivity index (χ2n) is 4.32. The molecule has 1 aliphatic rings. The summed E-state index contributed by atoms with van der Waals surface area (Å²) in [7, 11) is 1.51. The predicted molar refractivity (Wildman–Crippen MR) is 63.1 cm³/mol. The molecular formula is C12H16N2O3. The van der Waals surface area contributed by atoms with Crippen LogP contribution in [0.25, 0.3) is 0 Å². The Morgan fingerprint density at radius 3 is 2.82 bits per heavy atom. The van der Waals surface area contributed by atoms with Gasteiger partial charge in [0.2, 0.25) is 0 Å². The largest absolute Gasteiger partial charge is 0.507 e. The maximum atomic E-state index is 12.0. The highest BCUT2D eigenvalue weighted by molar-refractivity contribution is 5.97. The Morgan fingerprint density at radius 1 is 1.59 bits per heavy atom.